The number of carbonyl (C=O) groups is 1. The lowest BCUT2D eigenvalue weighted by Gasteiger charge is -2.41. The van der Waals surface area contributed by atoms with Gasteiger partial charge in [0.2, 0.25) is 0 Å². The Morgan fingerprint density at radius 1 is 1.29 bits per heavy atom. The monoisotopic (exact) mass is 287 g/mol. The topological polar surface area (TPSA) is 70.0 Å². The van der Waals surface area contributed by atoms with Gasteiger partial charge in [0, 0.05) is 24.9 Å². The first kappa shape index (κ1) is 12.7. The van der Waals surface area contributed by atoms with Crippen molar-refractivity contribution in [1.82, 2.24) is 4.90 Å². The molecule has 4 rings (SSSR count). The van der Waals surface area contributed by atoms with E-state index in [1.54, 1.807) is 0 Å². The highest BCUT2D eigenvalue weighted by Gasteiger charge is 2.47. The second kappa shape index (κ2) is 4.24. The lowest BCUT2D eigenvalue weighted by atomic mass is 9.75. The summed E-state index contributed by atoms with van der Waals surface area (Å²) in [7, 11) is 2.07. The van der Waals surface area contributed by atoms with E-state index in [4.69, 9.17) is 4.74 Å². The highest BCUT2D eigenvalue weighted by atomic mass is 16.5. The Labute approximate surface area is 122 Å². The fourth-order valence-corrected chi connectivity index (χ4v) is 3.96. The van der Waals surface area contributed by atoms with Crippen LogP contribution in [0.5, 0.6) is 11.5 Å². The molecule has 2 N–H and O–H groups in total. The van der Waals surface area contributed by atoms with Crippen LogP contribution in [0.2, 0.25) is 0 Å². The van der Waals surface area contributed by atoms with Gasteiger partial charge >= 0.3 is 5.97 Å². The highest BCUT2D eigenvalue weighted by Crippen LogP contribution is 2.47. The van der Waals surface area contributed by atoms with Crippen LogP contribution in [0, 0.1) is 0 Å². The minimum absolute atomic E-state index is 0.0247. The number of benzene rings is 1. The van der Waals surface area contributed by atoms with Crippen molar-refractivity contribution in [2.24, 2.45) is 0 Å². The summed E-state index contributed by atoms with van der Waals surface area (Å²) >= 11 is 0. The van der Waals surface area contributed by atoms with Crippen LogP contribution in [-0.4, -0.2) is 46.8 Å². The molecule has 0 amide bonds. The molecule has 110 valence electrons. The van der Waals surface area contributed by atoms with Crippen molar-refractivity contribution in [3.05, 3.63) is 34.9 Å². The number of likely N-dealkylation sites (N-methyl/N-ethyl adjacent to an activating group) is 1. The first-order chi connectivity index (χ1) is 10.1. The van der Waals surface area contributed by atoms with E-state index in [9.17, 15) is 15.0 Å². The van der Waals surface area contributed by atoms with E-state index in [1.807, 2.05) is 0 Å². The van der Waals surface area contributed by atoms with E-state index >= 15 is 0 Å². The van der Waals surface area contributed by atoms with Gasteiger partial charge in [0.05, 0.1) is 5.56 Å². The van der Waals surface area contributed by atoms with Crippen LogP contribution in [0.4, 0.5) is 0 Å². The molecule has 2 heterocycles. The molecular weight excluding hydrogens is 270 g/mol. The number of nitrogens with zero attached hydrogens (tertiary/aromatic N) is 1. The van der Waals surface area contributed by atoms with E-state index in [0.29, 0.717) is 5.56 Å². The molecule has 1 aromatic rings. The van der Waals surface area contributed by atoms with Gasteiger partial charge in [-0.25, -0.2) is 4.79 Å². The Bertz CT molecular complexity index is 666. The Hall–Kier alpha value is -2.01. The molecule has 0 radical (unpaired) electrons. The number of hydrogen-bond acceptors (Lipinski definition) is 5. The maximum absolute atomic E-state index is 12.1. The average molecular weight is 287 g/mol. The highest BCUT2D eigenvalue weighted by molar-refractivity contribution is 5.93. The Balaban J connectivity index is 1.89. The molecule has 0 aromatic heterocycles. The summed E-state index contributed by atoms with van der Waals surface area (Å²) < 4.78 is 5.57. The Morgan fingerprint density at radius 2 is 2.05 bits per heavy atom. The van der Waals surface area contributed by atoms with Crippen molar-refractivity contribution in [1.29, 1.82) is 0 Å². The van der Waals surface area contributed by atoms with Crippen LogP contribution in [0.3, 0.4) is 0 Å². The third-order valence-electron chi connectivity index (χ3n) is 4.95. The molecule has 2 aliphatic heterocycles. The Kier molecular flexibility index (Phi) is 2.57. The van der Waals surface area contributed by atoms with E-state index in [-0.39, 0.29) is 29.6 Å². The molecule has 3 unspecified atom stereocenters. The molecule has 1 saturated heterocycles. The van der Waals surface area contributed by atoms with Gasteiger partial charge < -0.3 is 14.9 Å². The predicted octanol–water partition coefficient (Wildman–Crippen LogP) is 1.75. The number of ether oxygens (including phenoxy) is 1. The third kappa shape index (κ3) is 1.70. The molecule has 1 fully saturated rings. The van der Waals surface area contributed by atoms with Crippen LogP contribution in [0.15, 0.2) is 23.8 Å². The van der Waals surface area contributed by atoms with Crippen LogP contribution in [-0.2, 0) is 4.74 Å². The zero-order valence-electron chi connectivity index (χ0n) is 11.7. The molecule has 21 heavy (non-hydrogen) atoms. The quantitative estimate of drug-likeness (QED) is 0.432. The molecule has 5 nitrogen and oxygen atoms in total. The first-order valence-corrected chi connectivity index (χ1v) is 7.22. The van der Waals surface area contributed by atoms with Crippen molar-refractivity contribution in [3.63, 3.8) is 0 Å². The summed E-state index contributed by atoms with van der Waals surface area (Å²) in [6.45, 7) is 0.993. The molecule has 5 heteroatoms. The third-order valence-corrected chi connectivity index (χ3v) is 4.95. The van der Waals surface area contributed by atoms with Crippen LogP contribution >= 0.6 is 0 Å². The van der Waals surface area contributed by atoms with Gasteiger partial charge in [-0.3, -0.25) is 4.90 Å². The lowest BCUT2D eigenvalue weighted by molar-refractivity contribution is 0.00907. The van der Waals surface area contributed by atoms with E-state index in [1.165, 1.54) is 17.7 Å². The molecule has 1 aliphatic carbocycles. The molecule has 0 spiro atoms. The maximum atomic E-state index is 12.1. The summed E-state index contributed by atoms with van der Waals surface area (Å²) in [5.41, 5.74) is 2.54. The second-order valence-electron chi connectivity index (χ2n) is 6.09. The number of rotatable bonds is 0. The first-order valence-electron chi connectivity index (χ1n) is 7.22. The smallest absolute Gasteiger partial charge is 0.338 e. The fraction of sp³-hybridized carbons (Fsp3) is 0.438. The van der Waals surface area contributed by atoms with Gasteiger partial charge in [0.15, 0.2) is 11.5 Å². The summed E-state index contributed by atoms with van der Waals surface area (Å²) in [6, 6.07) is 3.05. The van der Waals surface area contributed by atoms with E-state index in [2.05, 4.69) is 18.0 Å². The zero-order valence-corrected chi connectivity index (χ0v) is 11.7. The number of phenols is 2. The summed E-state index contributed by atoms with van der Waals surface area (Å²) in [5.74, 6) is -0.856. The number of aromatic hydroxyl groups is 2. The molecular formula is C16H17NO4. The fourth-order valence-electron chi connectivity index (χ4n) is 3.96. The van der Waals surface area contributed by atoms with Crippen molar-refractivity contribution < 1.29 is 19.7 Å². The number of phenolic OH excluding ortho intramolecular Hbond substituents is 2. The van der Waals surface area contributed by atoms with Gasteiger partial charge in [-0.2, -0.15) is 0 Å². The van der Waals surface area contributed by atoms with Gasteiger partial charge in [-0.05, 0) is 31.2 Å². The second-order valence-corrected chi connectivity index (χ2v) is 6.09. The maximum Gasteiger partial charge on any atom is 0.338 e. The summed E-state index contributed by atoms with van der Waals surface area (Å²) in [6.07, 6.45) is 3.76. The van der Waals surface area contributed by atoms with Crippen LogP contribution in [0.25, 0.3) is 0 Å². The average Bonchev–Trinajstić information content (AvgIpc) is 2.83. The molecule has 3 aliphatic rings. The van der Waals surface area contributed by atoms with Crippen LogP contribution in [0.1, 0.15) is 34.7 Å². The standard InChI is InChI=1S/C16H17NO4/c1-17-5-4-8-2-3-13-14(15(8)17)9-6-11(18)12(19)7-10(9)16(20)21-13/h2,6-7,13-15,18-19H,3-5H2,1H3. The molecule has 0 saturated carbocycles. The SMILES string of the molecule is CN1CCC2=CCC3OC(=O)c4cc(O)c(O)cc4C3C21. The lowest BCUT2D eigenvalue weighted by Crippen LogP contribution is -2.45. The van der Waals surface area contributed by atoms with E-state index in [0.717, 1.165) is 24.9 Å². The van der Waals surface area contributed by atoms with Gasteiger partial charge in [-0.15, -0.1) is 0 Å². The largest absolute Gasteiger partial charge is 0.504 e. The predicted molar refractivity (Wildman–Crippen MR) is 75.5 cm³/mol. The number of esters is 1. The molecule has 3 atom stereocenters. The minimum Gasteiger partial charge on any atom is -0.504 e. The molecule has 1 aromatic carbocycles. The van der Waals surface area contributed by atoms with Crippen molar-refractivity contribution in [2.45, 2.75) is 30.9 Å². The van der Waals surface area contributed by atoms with Crippen molar-refractivity contribution in [3.8, 4) is 11.5 Å². The van der Waals surface area contributed by atoms with Crippen LogP contribution < -0.4 is 0 Å². The zero-order chi connectivity index (χ0) is 14.7. The number of likely N-dealkylation sites (tertiary alicyclic amines) is 1. The summed E-state index contributed by atoms with van der Waals surface area (Å²) in [4.78, 5) is 14.4. The van der Waals surface area contributed by atoms with Gasteiger partial charge in [0.1, 0.15) is 6.10 Å². The van der Waals surface area contributed by atoms with Crippen molar-refractivity contribution >= 4 is 5.97 Å². The number of carbonyl (C=O) groups excluding carboxylic acids is 1. The van der Waals surface area contributed by atoms with Gasteiger partial charge in [0.25, 0.3) is 0 Å². The van der Waals surface area contributed by atoms with Crippen molar-refractivity contribution in [2.75, 3.05) is 13.6 Å². The Morgan fingerprint density at radius 3 is 2.86 bits per heavy atom. The minimum atomic E-state index is -0.418. The number of fused-ring (bicyclic) bond motifs is 5. The normalized spacial score (nSPS) is 31.0. The molecule has 0 bridgehead atoms. The number of hydrogen-bond donors (Lipinski definition) is 2. The van der Waals surface area contributed by atoms with Gasteiger partial charge in [-0.1, -0.05) is 11.6 Å². The summed E-state index contributed by atoms with van der Waals surface area (Å²) in [5, 5.41) is 19.5. The van der Waals surface area contributed by atoms with E-state index < -0.39 is 5.97 Å².